The van der Waals surface area contributed by atoms with E-state index in [-0.39, 0.29) is 18.1 Å². The van der Waals surface area contributed by atoms with Crippen molar-refractivity contribution in [3.63, 3.8) is 0 Å². The maximum atomic E-state index is 12.8. The molecule has 0 spiro atoms. The average molecular weight is 462 g/mol. The third kappa shape index (κ3) is 5.96. The average Bonchev–Trinajstić information content (AvgIpc) is 3.26. The molecule has 3 rings (SSSR count). The molecule has 0 radical (unpaired) electrons. The molecule has 4 nitrogen and oxygen atoms in total. The van der Waals surface area contributed by atoms with Gasteiger partial charge >= 0.3 is 12.1 Å². The van der Waals surface area contributed by atoms with Gasteiger partial charge in [0.25, 0.3) is 0 Å². The number of ether oxygens (including phenoxy) is 2. The summed E-state index contributed by atoms with van der Waals surface area (Å²) in [6.45, 7) is 3.41. The van der Waals surface area contributed by atoms with Crippen molar-refractivity contribution in [3.05, 3.63) is 11.1 Å². The first kappa shape index (κ1) is 24.4. The van der Waals surface area contributed by atoms with Crippen molar-refractivity contribution in [2.45, 2.75) is 96.1 Å². The molecule has 174 valence electrons. The number of carbonyl (C=O) groups is 1. The van der Waals surface area contributed by atoms with Crippen LogP contribution >= 0.6 is 11.6 Å². The van der Waals surface area contributed by atoms with Crippen LogP contribution in [-0.4, -0.2) is 30.5 Å². The molecule has 0 aromatic carbocycles. The van der Waals surface area contributed by atoms with E-state index in [1.54, 1.807) is 13.8 Å². The summed E-state index contributed by atoms with van der Waals surface area (Å²) >= 11 is 5.36. The second-order valence-corrected chi connectivity index (χ2v) is 10.2. The number of carbonyl (C=O) groups excluding carboxylic acids is 1. The van der Waals surface area contributed by atoms with E-state index in [0.717, 1.165) is 38.2 Å². The van der Waals surface area contributed by atoms with Crippen molar-refractivity contribution in [1.82, 2.24) is 0 Å². The predicted octanol–water partition coefficient (Wildman–Crippen LogP) is 6.29. The van der Waals surface area contributed by atoms with E-state index in [0.29, 0.717) is 6.42 Å². The van der Waals surface area contributed by atoms with Crippen LogP contribution in [0.15, 0.2) is 11.1 Å². The Hall–Kier alpha value is -1.26. The third-order valence-corrected chi connectivity index (χ3v) is 7.50. The molecule has 0 saturated heterocycles. The summed E-state index contributed by atoms with van der Waals surface area (Å²) < 4.78 is 50.1. The fourth-order valence-electron chi connectivity index (χ4n) is 5.17. The summed E-state index contributed by atoms with van der Waals surface area (Å²) in [7, 11) is 0. The van der Waals surface area contributed by atoms with Crippen molar-refractivity contribution in [1.29, 1.82) is 5.26 Å². The summed E-state index contributed by atoms with van der Waals surface area (Å²) in [6, 6.07) is 2.10. The first-order valence-electron chi connectivity index (χ1n) is 11.2. The van der Waals surface area contributed by atoms with Crippen molar-refractivity contribution in [2.24, 2.45) is 23.2 Å². The molecule has 0 N–H and O–H groups in total. The van der Waals surface area contributed by atoms with Gasteiger partial charge < -0.3 is 9.47 Å². The number of nitriles is 1. The fraction of sp³-hybridized carbons (Fsp3) is 0.826. The number of alkyl halides is 3. The van der Waals surface area contributed by atoms with Gasteiger partial charge in [-0.05, 0) is 43.4 Å². The van der Waals surface area contributed by atoms with Gasteiger partial charge in [0.15, 0.2) is 6.10 Å². The standard InChI is InChI=1S/C23H31ClF3NO3/c1-22(2)17(12-19(24)23(25,26)27)20(22)21(29)31-18(13-28)14-7-6-10-16(11-14)30-15-8-4-3-5-9-15/h12,14-18,20H,3-11H2,1-2H3/b19-12-. The van der Waals surface area contributed by atoms with Crippen molar-refractivity contribution in [3.8, 4) is 6.07 Å². The zero-order valence-corrected chi connectivity index (χ0v) is 18.8. The molecule has 0 bridgehead atoms. The van der Waals surface area contributed by atoms with E-state index in [1.165, 1.54) is 19.3 Å². The molecule has 5 atom stereocenters. The van der Waals surface area contributed by atoms with Crippen LogP contribution in [0.2, 0.25) is 0 Å². The predicted molar refractivity (Wildman–Crippen MR) is 110 cm³/mol. The summed E-state index contributed by atoms with van der Waals surface area (Å²) in [5.41, 5.74) is -0.693. The Morgan fingerprint density at radius 3 is 2.39 bits per heavy atom. The lowest BCUT2D eigenvalue weighted by Gasteiger charge is -2.34. The normalized spacial score (nSPS) is 32.7. The summed E-state index contributed by atoms with van der Waals surface area (Å²) in [4.78, 5) is 12.7. The van der Waals surface area contributed by atoms with Gasteiger partial charge in [-0.25, -0.2) is 0 Å². The van der Waals surface area contributed by atoms with Gasteiger partial charge in [0.05, 0.1) is 18.1 Å². The lowest BCUT2D eigenvalue weighted by atomic mass is 9.83. The maximum absolute atomic E-state index is 12.8. The van der Waals surface area contributed by atoms with Crippen LogP contribution in [0, 0.1) is 34.5 Å². The van der Waals surface area contributed by atoms with Crippen LogP contribution in [-0.2, 0) is 14.3 Å². The Morgan fingerprint density at radius 1 is 1.13 bits per heavy atom. The first-order valence-corrected chi connectivity index (χ1v) is 11.6. The van der Waals surface area contributed by atoms with E-state index in [2.05, 4.69) is 6.07 Å². The molecule has 5 unspecified atom stereocenters. The Labute approximate surface area is 187 Å². The van der Waals surface area contributed by atoms with Crippen molar-refractivity contribution >= 4 is 17.6 Å². The van der Waals surface area contributed by atoms with Crippen LogP contribution in [0.4, 0.5) is 13.2 Å². The minimum absolute atomic E-state index is 0.0649. The number of allylic oxidation sites excluding steroid dienone is 2. The Balaban J connectivity index is 1.57. The molecule has 31 heavy (non-hydrogen) atoms. The largest absolute Gasteiger partial charge is 0.446 e. The number of esters is 1. The number of halogens is 4. The van der Waals surface area contributed by atoms with Crippen LogP contribution in [0.3, 0.4) is 0 Å². The van der Waals surface area contributed by atoms with Crippen molar-refractivity contribution < 1.29 is 27.4 Å². The van der Waals surface area contributed by atoms with Gasteiger partial charge in [0.2, 0.25) is 0 Å². The van der Waals surface area contributed by atoms with Crippen LogP contribution in [0.25, 0.3) is 0 Å². The second kappa shape index (κ2) is 9.70. The fourth-order valence-corrected chi connectivity index (χ4v) is 5.31. The van der Waals surface area contributed by atoms with Gasteiger partial charge in [0.1, 0.15) is 11.1 Å². The molecular weight excluding hydrogens is 431 g/mol. The number of nitrogens with zero attached hydrogens (tertiary/aromatic N) is 1. The summed E-state index contributed by atoms with van der Waals surface area (Å²) in [5.74, 6) is -2.15. The number of hydrogen-bond acceptors (Lipinski definition) is 4. The van der Waals surface area contributed by atoms with Crippen molar-refractivity contribution in [2.75, 3.05) is 0 Å². The van der Waals surface area contributed by atoms with Gasteiger partial charge in [-0.3, -0.25) is 4.79 Å². The van der Waals surface area contributed by atoms with Crippen LogP contribution in [0.1, 0.15) is 71.6 Å². The lowest BCUT2D eigenvalue weighted by molar-refractivity contribution is -0.153. The summed E-state index contributed by atoms with van der Waals surface area (Å²) in [6.07, 6.45) is 4.73. The molecule has 0 amide bonds. The van der Waals surface area contributed by atoms with Gasteiger partial charge in [-0.1, -0.05) is 57.2 Å². The quantitative estimate of drug-likeness (QED) is 0.436. The van der Waals surface area contributed by atoms with E-state index >= 15 is 0 Å². The number of hydrogen-bond donors (Lipinski definition) is 0. The molecule has 3 aliphatic carbocycles. The highest BCUT2D eigenvalue weighted by molar-refractivity contribution is 6.30. The van der Waals surface area contributed by atoms with E-state index < -0.39 is 40.5 Å². The SMILES string of the molecule is CC1(C)C(/C=C(\Cl)C(F)(F)F)C1C(=O)OC(C#N)C1CCCC(OC2CCCCC2)C1. The monoisotopic (exact) mass is 461 g/mol. The molecule has 0 aliphatic heterocycles. The first-order chi connectivity index (χ1) is 14.5. The van der Waals surface area contributed by atoms with Crippen LogP contribution < -0.4 is 0 Å². The molecule has 8 heteroatoms. The molecule has 3 saturated carbocycles. The highest BCUT2D eigenvalue weighted by Gasteiger charge is 2.62. The smallest absolute Gasteiger partial charge is 0.426 e. The van der Waals surface area contributed by atoms with Crippen LogP contribution in [0.5, 0.6) is 0 Å². The molecular formula is C23H31ClF3NO3. The van der Waals surface area contributed by atoms with E-state index in [1.807, 2.05) is 0 Å². The minimum Gasteiger partial charge on any atom is -0.446 e. The highest BCUT2D eigenvalue weighted by Crippen LogP contribution is 2.60. The molecule has 0 aromatic rings. The zero-order valence-electron chi connectivity index (χ0n) is 18.1. The minimum atomic E-state index is -4.64. The summed E-state index contributed by atoms with van der Waals surface area (Å²) in [5, 5.41) is 8.41. The lowest BCUT2D eigenvalue weighted by Crippen LogP contribution is -2.35. The second-order valence-electron chi connectivity index (χ2n) is 9.77. The Kier molecular flexibility index (Phi) is 7.63. The van der Waals surface area contributed by atoms with Gasteiger partial charge in [-0.15, -0.1) is 0 Å². The molecule has 0 heterocycles. The topological polar surface area (TPSA) is 59.3 Å². The zero-order chi connectivity index (χ0) is 22.8. The third-order valence-electron chi connectivity index (χ3n) is 7.16. The van der Waals surface area contributed by atoms with Gasteiger partial charge in [0, 0.05) is 5.92 Å². The maximum Gasteiger partial charge on any atom is 0.426 e. The Morgan fingerprint density at radius 2 is 1.77 bits per heavy atom. The molecule has 3 aliphatic rings. The molecule has 3 fully saturated rings. The number of rotatable bonds is 6. The molecule has 0 aromatic heterocycles. The highest BCUT2D eigenvalue weighted by atomic mass is 35.5. The van der Waals surface area contributed by atoms with E-state index in [9.17, 15) is 23.2 Å². The van der Waals surface area contributed by atoms with Gasteiger partial charge in [-0.2, -0.15) is 18.4 Å². The van der Waals surface area contributed by atoms with E-state index in [4.69, 9.17) is 21.1 Å². The Bertz CT molecular complexity index is 725.